The van der Waals surface area contributed by atoms with Gasteiger partial charge in [0.25, 0.3) is 5.91 Å². The number of amides is 2. The van der Waals surface area contributed by atoms with E-state index in [1.165, 1.54) is 22.7 Å². The highest BCUT2D eigenvalue weighted by Crippen LogP contribution is 2.28. The third kappa shape index (κ3) is 7.45. The Morgan fingerprint density at radius 3 is 2.23 bits per heavy atom. The molecular formula is C31H31FN4O3S. The van der Waals surface area contributed by atoms with Crippen molar-refractivity contribution in [3.8, 4) is 5.75 Å². The van der Waals surface area contributed by atoms with Gasteiger partial charge in [-0.1, -0.05) is 59.8 Å². The Balaban J connectivity index is 1.70. The highest BCUT2D eigenvalue weighted by Gasteiger charge is 2.32. The maximum atomic E-state index is 14.8. The second kappa shape index (κ2) is 13.2. The first-order chi connectivity index (χ1) is 19.2. The number of hydrogen-bond acceptors (Lipinski definition) is 6. The summed E-state index contributed by atoms with van der Waals surface area (Å²) >= 11 is 1.18. The van der Waals surface area contributed by atoms with Crippen molar-refractivity contribution in [3.05, 3.63) is 113 Å². The zero-order chi connectivity index (χ0) is 28.6. The van der Waals surface area contributed by atoms with E-state index in [-0.39, 0.29) is 18.2 Å². The first kappa shape index (κ1) is 28.8. The molecule has 0 aliphatic rings. The first-order valence-corrected chi connectivity index (χ1v) is 13.7. The van der Waals surface area contributed by atoms with Crippen LogP contribution < -0.4 is 10.1 Å². The molecule has 1 heterocycles. The number of aryl methyl sites for hydroxylation is 3. The molecule has 0 spiro atoms. The molecule has 206 valence electrons. The highest BCUT2D eigenvalue weighted by atomic mass is 32.2. The topological polar surface area (TPSA) is 84.4 Å². The van der Waals surface area contributed by atoms with E-state index in [1.807, 2.05) is 51.1 Å². The number of rotatable bonds is 10. The first-order valence-electron chi connectivity index (χ1n) is 12.7. The molecule has 9 heteroatoms. The third-order valence-electron chi connectivity index (χ3n) is 6.22. The summed E-state index contributed by atoms with van der Waals surface area (Å²) in [4.78, 5) is 38.0. The molecular weight excluding hydrogens is 527 g/mol. The molecule has 2 amide bonds. The second-order valence-electron chi connectivity index (χ2n) is 9.37. The lowest BCUT2D eigenvalue weighted by Gasteiger charge is -2.32. The van der Waals surface area contributed by atoms with E-state index >= 15 is 0 Å². The zero-order valence-corrected chi connectivity index (χ0v) is 23.7. The van der Waals surface area contributed by atoms with Crippen LogP contribution in [0.2, 0.25) is 0 Å². The predicted molar refractivity (Wildman–Crippen MR) is 155 cm³/mol. The molecule has 4 aromatic rings. The molecule has 0 aliphatic carbocycles. The van der Waals surface area contributed by atoms with Crippen molar-refractivity contribution in [1.29, 1.82) is 0 Å². The number of methoxy groups -OCH3 is 1. The van der Waals surface area contributed by atoms with E-state index < -0.39 is 17.8 Å². The van der Waals surface area contributed by atoms with Gasteiger partial charge in [0.05, 0.1) is 12.9 Å². The van der Waals surface area contributed by atoms with Crippen LogP contribution in [-0.2, 0) is 16.1 Å². The number of nitrogens with zero attached hydrogens (tertiary/aromatic N) is 3. The SMILES string of the molecule is COc1ccc(NC(=O)[C@@H](c2ccc(C)cc2)N(Cc2ccccc2F)C(=O)CSc2nc(C)cc(C)n2)cc1. The van der Waals surface area contributed by atoms with Gasteiger partial charge in [-0.15, -0.1) is 0 Å². The van der Waals surface area contributed by atoms with Crippen molar-refractivity contribution >= 4 is 29.3 Å². The summed E-state index contributed by atoms with van der Waals surface area (Å²) in [5.74, 6) is -0.619. The van der Waals surface area contributed by atoms with Gasteiger partial charge >= 0.3 is 0 Å². The summed E-state index contributed by atoms with van der Waals surface area (Å²) < 4.78 is 20.0. The molecule has 4 rings (SSSR count). The average Bonchev–Trinajstić information content (AvgIpc) is 2.93. The van der Waals surface area contributed by atoms with Crippen molar-refractivity contribution in [1.82, 2.24) is 14.9 Å². The number of benzene rings is 3. The lowest BCUT2D eigenvalue weighted by Crippen LogP contribution is -2.42. The molecule has 7 nitrogen and oxygen atoms in total. The summed E-state index contributed by atoms with van der Waals surface area (Å²) in [5, 5.41) is 3.38. The zero-order valence-electron chi connectivity index (χ0n) is 22.8. The largest absolute Gasteiger partial charge is 0.497 e. The van der Waals surface area contributed by atoms with E-state index in [1.54, 1.807) is 49.6 Å². The fourth-order valence-corrected chi connectivity index (χ4v) is 5.04. The number of carbonyl (C=O) groups is 2. The van der Waals surface area contributed by atoms with Crippen LogP contribution in [0.1, 0.15) is 34.1 Å². The number of carbonyl (C=O) groups excluding carboxylic acids is 2. The second-order valence-corrected chi connectivity index (χ2v) is 10.3. The van der Waals surface area contributed by atoms with Gasteiger partial charge in [0.15, 0.2) is 5.16 Å². The van der Waals surface area contributed by atoms with E-state index in [4.69, 9.17) is 4.74 Å². The predicted octanol–water partition coefficient (Wildman–Crippen LogP) is 6.05. The monoisotopic (exact) mass is 558 g/mol. The average molecular weight is 559 g/mol. The molecule has 0 radical (unpaired) electrons. The van der Waals surface area contributed by atoms with Gasteiger partial charge in [-0.25, -0.2) is 14.4 Å². The Morgan fingerprint density at radius 2 is 1.60 bits per heavy atom. The molecule has 1 atom stereocenters. The summed E-state index contributed by atoms with van der Waals surface area (Å²) in [6, 6.07) is 21.4. The molecule has 3 aromatic carbocycles. The number of halogens is 1. The van der Waals surface area contributed by atoms with Crippen molar-refractivity contribution in [2.45, 2.75) is 38.5 Å². The van der Waals surface area contributed by atoms with Crippen LogP contribution in [0.3, 0.4) is 0 Å². The van der Waals surface area contributed by atoms with Crippen LogP contribution in [0, 0.1) is 26.6 Å². The fraction of sp³-hybridized carbons (Fsp3) is 0.226. The maximum absolute atomic E-state index is 14.8. The van der Waals surface area contributed by atoms with E-state index in [0.717, 1.165) is 17.0 Å². The summed E-state index contributed by atoms with van der Waals surface area (Å²) in [5.41, 5.74) is 4.04. The number of nitrogens with one attached hydrogen (secondary N) is 1. The maximum Gasteiger partial charge on any atom is 0.251 e. The van der Waals surface area contributed by atoms with E-state index in [0.29, 0.717) is 27.7 Å². The highest BCUT2D eigenvalue weighted by molar-refractivity contribution is 7.99. The molecule has 1 aromatic heterocycles. The normalized spacial score (nSPS) is 11.5. The van der Waals surface area contributed by atoms with Gasteiger partial charge in [0, 0.05) is 29.2 Å². The van der Waals surface area contributed by atoms with Crippen molar-refractivity contribution < 1.29 is 18.7 Å². The Hall–Kier alpha value is -4.24. The summed E-state index contributed by atoms with van der Waals surface area (Å²) in [6.07, 6.45) is 0. The van der Waals surface area contributed by atoms with Crippen LogP contribution in [0.4, 0.5) is 10.1 Å². The van der Waals surface area contributed by atoms with Gasteiger partial charge in [-0.3, -0.25) is 9.59 Å². The smallest absolute Gasteiger partial charge is 0.251 e. The Bertz CT molecular complexity index is 1460. The Kier molecular flexibility index (Phi) is 9.50. The number of aromatic nitrogens is 2. The number of ether oxygens (including phenoxy) is 1. The van der Waals surface area contributed by atoms with Gasteiger partial charge in [-0.2, -0.15) is 0 Å². The molecule has 40 heavy (non-hydrogen) atoms. The van der Waals surface area contributed by atoms with Gasteiger partial charge in [0.1, 0.15) is 17.6 Å². The van der Waals surface area contributed by atoms with E-state index in [2.05, 4.69) is 15.3 Å². The lowest BCUT2D eigenvalue weighted by atomic mass is 10.0. The van der Waals surface area contributed by atoms with Crippen molar-refractivity contribution in [3.63, 3.8) is 0 Å². The van der Waals surface area contributed by atoms with Gasteiger partial charge in [-0.05, 0) is 62.7 Å². The minimum absolute atomic E-state index is 0.0322. The molecule has 0 unspecified atom stereocenters. The van der Waals surface area contributed by atoms with Crippen LogP contribution in [0.15, 0.2) is 84.0 Å². The van der Waals surface area contributed by atoms with Crippen molar-refractivity contribution in [2.75, 3.05) is 18.2 Å². The summed E-state index contributed by atoms with van der Waals surface area (Å²) in [7, 11) is 1.56. The Morgan fingerprint density at radius 1 is 0.950 bits per heavy atom. The molecule has 0 saturated heterocycles. The third-order valence-corrected chi connectivity index (χ3v) is 7.05. The van der Waals surface area contributed by atoms with Gasteiger partial charge < -0.3 is 15.0 Å². The van der Waals surface area contributed by atoms with Crippen LogP contribution in [0.25, 0.3) is 0 Å². The number of anilines is 1. The minimum Gasteiger partial charge on any atom is -0.497 e. The van der Waals surface area contributed by atoms with E-state index in [9.17, 15) is 14.0 Å². The lowest BCUT2D eigenvalue weighted by molar-refractivity contribution is -0.137. The fourth-order valence-electron chi connectivity index (χ4n) is 4.21. The minimum atomic E-state index is -1.03. The van der Waals surface area contributed by atoms with Crippen LogP contribution in [0.5, 0.6) is 5.75 Å². The molecule has 1 N–H and O–H groups in total. The molecule has 0 fully saturated rings. The van der Waals surface area contributed by atoms with Crippen LogP contribution >= 0.6 is 11.8 Å². The quantitative estimate of drug-likeness (QED) is 0.188. The van der Waals surface area contributed by atoms with Crippen molar-refractivity contribution in [2.24, 2.45) is 0 Å². The molecule has 0 bridgehead atoms. The summed E-state index contributed by atoms with van der Waals surface area (Å²) in [6.45, 7) is 5.57. The Labute approximate surface area is 237 Å². The molecule has 0 aliphatic heterocycles. The standard InChI is InChI=1S/C31H31FN4O3S/c1-20-9-11-23(12-10-20)29(30(38)35-25-13-15-26(39-4)16-14-25)36(18-24-7-5-6-8-27(24)32)28(37)19-40-31-33-21(2)17-22(3)34-31/h5-17,29H,18-19H2,1-4H3,(H,35,38)/t29-/m1/s1. The molecule has 0 saturated carbocycles. The number of thioether (sulfide) groups is 1. The number of hydrogen-bond donors (Lipinski definition) is 1. The van der Waals surface area contributed by atoms with Crippen LogP contribution in [-0.4, -0.2) is 39.5 Å². The van der Waals surface area contributed by atoms with Gasteiger partial charge in [0.2, 0.25) is 5.91 Å².